The quantitative estimate of drug-likeness (QED) is 0.155. The van der Waals surface area contributed by atoms with Crippen molar-refractivity contribution >= 4 is 67.4 Å². The minimum Gasteiger partial charge on any atom is -0.310 e. The van der Waals surface area contributed by atoms with Crippen molar-refractivity contribution in [2.45, 2.75) is 51.3 Å². The normalized spacial score (nSPS) is 12.1. The lowest BCUT2D eigenvalue weighted by atomic mass is 9.84. The number of para-hydroxylation sites is 4. The number of rotatable bonds is 6. The van der Waals surface area contributed by atoms with E-state index in [4.69, 9.17) is 0 Å². The van der Waals surface area contributed by atoms with Crippen LogP contribution in [0.4, 0.5) is 34.1 Å². The second kappa shape index (κ2) is 14.7. The lowest BCUT2D eigenvalue weighted by Crippen LogP contribution is -2.14. The van der Waals surface area contributed by atoms with Gasteiger partial charge in [0.25, 0.3) is 0 Å². The smallest absolute Gasteiger partial charge is 0.0601 e. The van der Waals surface area contributed by atoms with Crippen molar-refractivity contribution in [3.05, 3.63) is 203 Å². The molecule has 9 aromatic carbocycles. The molecule has 0 atom stereocenters. The number of nitrogens with zero attached hydrogens (tertiary/aromatic N) is 2. The van der Waals surface area contributed by atoms with Crippen LogP contribution >= 0.6 is 11.8 Å². The Bertz CT molecular complexity index is 2990. The molecule has 1 aliphatic heterocycles. The molecule has 59 heavy (non-hydrogen) atoms. The van der Waals surface area contributed by atoms with Crippen molar-refractivity contribution in [1.29, 1.82) is 0 Å². The van der Waals surface area contributed by atoms with Crippen LogP contribution in [0.5, 0.6) is 0 Å². The Labute approximate surface area is 352 Å². The lowest BCUT2D eigenvalue weighted by Gasteiger charge is -2.33. The maximum atomic E-state index is 2.46. The number of aryl methyl sites for hydroxylation is 6. The van der Waals surface area contributed by atoms with E-state index in [0.29, 0.717) is 0 Å². The molecule has 0 saturated heterocycles. The third kappa shape index (κ3) is 6.47. The van der Waals surface area contributed by atoms with E-state index >= 15 is 0 Å². The van der Waals surface area contributed by atoms with Gasteiger partial charge in [-0.25, -0.2) is 0 Å². The summed E-state index contributed by atoms with van der Waals surface area (Å²) < 4.78 is 0. The molecule has 0 saturated carbocycles. The Morgan fingerprint density at radius 1 is 0.390 bits per heavy atom. The molecule has 9 aromatic rings. The van der Waals surface area contributed by atoms with Crippen LogP contribution in [-0.4, -0.2) is 0 Å². The standard InChI is InChI=1S/C56H46N2S/c1-35-27-36(2)30-41(29-35)55-46-26-24-44(58-51-19-11-13-21-53(51)59-54-22-14-12-20-52(54)58)34-48(46)56(42-31-37(3)28-38(4)32-42)45-25-23-43(33-47(45)55)57(49-17-9-7-15-39(49)5)50-18-10-8-16-40(50)6/h7-34H,1-6H3. The third-order valence-corrected chi connectivity index (χ3v) is 12.9. The Hall–Kier alpha value is -6.55. The summed E-state index contributed by atoms with van der Waals surface area (Å²) in [4.78, 5) is 7.42. The van der Waals surface area contributed by atoms with E-state index < -0.39 is 0 Å². The first-order chi connectivity index (χ1) is 28.7. The van der Waals surface area contributed by atoms with Gasteiger partial charge in [-0.3, -0.25) is 0 Å². The first kappa shape index (κ1) is 36.8. The Morgan fingerprint density at radius 3 is 1.34 bits per heavy atom. The van der Waals surface area contributed by atoms with Gasteiger partial charge in [-0.15, -0.1) is 0 Å². The number of benzene rings is 9. The van der Waals surface area contributed by atoms with E-state index in [1.54, 1.807) is 0 Å². The zero-order valence-electron chi connectivity index (χ0n) is 34.5. The van der Waals surface area contributed by atoms with Crippen LogP contribution in [0, 0.1) is 41.5 Å². The van der Waals surface area contributed by atoms with Crippen LogP contribution in [-0.2, 0) is 0 Å². The zero-order valence-corrected chi connectivity index (χ0v) is 35.3. The molecule has 0 spiro atoms. The van der Waals surface area contributed by atoms with E-state index in [1.165, 1.54) is 110 Å². The van der Waals surface area contributed by atoms with E-state index in [9.17, 15) is 0 Å². The SMILES string of the molecule is Cc1cc(C)cc(-c2c3ccc(N4c5ccccc5Sc5ccccc54)cc3c(-c3cc(C)cc(C)c3)c3ccc(N(c4ccccc4C)c4ccccc4C)cc23)c1. The van der Waals surface area contributed by atoms with Crippen LogP contribution in [0.1, 0.15) is 33.4 Å². The monoisotopic (exact) mass is 778 g/mol. The third-order valence-electron chi connectivity index (χ3n) is 11.8. The number of fused-ring (bicyclic) bond motifs is 4. The fourth-order valence-electron chi connectivity index (χ4n) is 9.36. The van der Waals surface area contributed by atoms with Crippen LogP contribution in [0.25, 0.3) is 43.8 Å². The first-order valence-electron chi connectivity index (χ1n) is 20.5. The molecule has 0 bridgehead atoms. The molecule has 0 aromatic heterocycles. The van der Waals surface area contributed by atoms with Gasteiger partial charge in [0.1, 0.15) is 0 Å². The van der Waals surface area contributed by atoms with Gasteiger partial charge < -0.3 is 9.80 Å². The molecule has 0 N–H and O–H groups in total. The summed E-state index contributed by atoms with van der Waals surface area (Å²) in [6, 6.07) is 63.5. The first-order valence-corrected chi connectivity index (χ1v) is 21.3. The number of hydrogen-bond acceptors (Lipinski definition) is 3. The van der Waals surface area contributed by atoms with Crippen LogP contribution in [0.3, 0.4) is 0 Å². The highest BCUT2D eigenvalue weighted by atomic mass is 32.2. The zero-order chi connectivity index (χ0) is 40.4. The molecule has 0 radical (unpaired) electrons. The molecule has 0 unspecified atom stereocenters. The fraction of sp³-hybridized carbons (Fsp3) is 0.107. The Morgan fingerprint density at radius 2 is 0.831 bits per heavy atom. The van der Waals surface area contributed by atoms with Crippen molar-refractivity contribution in [3.63, 3.8) is 0 Å². The van der Waals surface area contributed by atoms with Gasteiger partial charge in [0, 0.05) is 32.5 Å². The average Bonchev–Trinajstić information content (AvgIpc) is 3.22. The second-order valence-corrected chi connectivity index (χ2v) is 17.3. The summed E-state index contributed by atoms with van der Waals surface area (Å²) in [7, 11) is 0. The molecule has 286 valence electrons. The van der Waals surface area contributed by atoms with Gasteiger partial charge in [-0.05, 0) is 157 Å². The van der Waals surface area contributed by atoms with Crippen molar-refractivity contribution in [3.8, 4) is 22.3 Å². The average molecular weight is 779 g/mol. The summed E-state index contributed by atoms with van der Waals surface area (Å²) in [6.45, 7) is 13.3. The van der Waals surface area contributed by atoms with Crippen molar-refractivity contribution in [2.75, 3.05) is 9.80 Å². The van der Waals surface area contributed by atoms with Gasteiger partial charge >= 0.3 is 0 Å². The van der Waals surface area contributed by atoms with Gasteiger partial charge in [0.2, 0.25) is 0 Å². The summed E-state index contributed by atoms with van der Waals surface area (Å²) in [5, 5.41) is 4.95. The molecular weight excluding hydrogens is 733 g/mol. The van der Waals surface area contributed by atoms with E-state index in [0.717, 1.165) is 11.4 Å². The maximum Gasteiger partial charge on any atom is 0.0601 e. The predicted octanol–water partition coefficient (Wildman–Crippen LogP) is 16.6. The van der Waals surface area contributed by atoms with Crippen molar-refractivity contribution < 1.29 is 0 Å². The van der Waals surface area contributed by atoms with Crippen molar-refractivity contribution in [2.24, 2.45) is 0 Å². The van der Waals surface area contributed by atoms with Crippen molar-refractivity contribution in [1.82, 2.24) is 0 Å². The second-order valence-electron chi connectivity index (χ2n) is 16.2. The minimum absolute atomic E-state index is 1.13. The van der Waals surface area contributed by atoms with Crippen LogP contribution < -0.4 is 9.80 Å². The summed E-state index contributed by atoms with van der Waals surface area (Å²) in [5.74, 6) is 0. The maximum absolute atomic E-state index is 2.46. The van der Waals surface area contributed by atoms with Crippen LogP contribution in [0.2, 0.25) is 0 Å². The molecule has 1 aliphatic rings. The Kier molecular flexibility index (Phi) is 9.15. The molecule has 0 aliphatic carbocycles. The van der Waals surface area contributed by atoms with E-state index in [-0.39, 0.29) is 0 Å². The van der Waals surface area contributed by atoms with E-state index in [2.05, 4.69) is 221 Å². The minimum atomic E-state index is 1.13. The summed E-state index contributed by atoms with van der Waals surface area (Å²) in [5.41, 5.74) is 19.5. The molecule has 1 heterocycles. The molecule has 0 fully saturated rings. The molecule has 10 rings (SSSR count). The Balaban J connectivity index is 1.34. The van der Waals surface area contributed by atoms with Gasteiger partial charge in [-0.1, -0.05) is 143 Å². The van der Waals surface area contributed by atoms with Gasteiger partial charge in [0.15, 0.2) is 0 Å². The number of anilines is 6. The topological polar surface area (TPSA) is 6.48 Å². The molecule has 0 amide bonds. The highest BCUT2D eigenvalue weighted by Crippen LogP contribution is 2.53. The molecule has 2 nitrogen and oxygen atoms in total. The highest BCUT2D eigenvalue weighted by Gasteiger charge is 2.27. The number of hydrogen-bond donors (Lipinski definition) is 0. The predicted molar refractivity (Wildman–Crippen MR) is 254 cm³/mol. The largest absolute Gasteiger partial charge is 0.310 e. The van der Waals surface area contributed by atoms with Crippen LogP contribution in [0.15, 0.2) is 180 Å². The summed E-state index contributed by atoms with van der Waals surface area (Å²) >= 11 is 1.85. The van der Waals surface area contributed by atoms with E-state index in [1.807, 2.05) is 11.8 Å². The fourth-order valence-corrected chi connectivity index (χ4v) is 10.4. The molecule has 3 heteroatoms. The van der Waals surface area contributed by atoms with Gasteiger partial charge in [0.05, 0.1) is 11.4 Å². The summed E-state index contributed by atoms with van der Waals surface area (Å²) in [6.07, 6.45) is 0. The lowest BCUT2D eigenvalue weighted by molar-refractivity contribution is 1.17. The van der Waals surface area contributed by atoms with Gasteiger partial charge in [-0.2, -0.15) is 0 Å². The molecular formula is C56H46N2S. The highest BCUT2D eigenvalue weighted by molar-refractivity contribution is 7.99.